The lowest BCUT2D eigenvalue weighted by molar-refractivity contribution is 0.465. The third-order valence-corrected chi connectivity index (χ3v) is 2.56. The number of ether oxygens (including phenoxy) is 1. The number of nitrogens with two attached hydrogens (primary N) is 1. The van der Waals surface area contributed by atoms with Crippen molar-refractivity contribution in [1.29, 1.82) is 5.26 Å². The highest BCUT2D eigenvalue weighted by atomic mass is 16.5. The average molecular weight is 239 g/mol. The number of aryl methyl sites for hydroxylation is 1. The predicted octanol–water partition coefficient (Wildman–Crippen LogP) is 2.89. The first kappa shape index (κ1) is 11.9. The maximum atomic E-state index is 8.67. The monoisotopic (exact) mass is 239 g/mol. The summed E-state index contributed by atoms with van der Waals surface area (Å²) in [6, 6.07) is 11.0. The van der Waals surface area contributed by atoms with Crippen molar-refractivity contribution >= 4 is 5.69 Å². The second kappa shape index (κ2) is 5.19. The molecule has 2 aromatic rings. The van der Waals surface area contributed by atoms with Crippen molar-refractivity contribution < 1.29 is 4.74 Å². The molecule has 0 saturated heterocycles. The van der Waals surface area contributed by atoms with Crippen LogP contribution in [-0.4, -0.2) is 4.98 Å². The highest BCUT2D eigenvalue weighted by Crippen LogP contribution is 2.27. The summed E-state index contributed by atoms with van der Waals surface area (Å²) >= 11 is 0. The van der Waals surface area contributed by atoms with Gasteiger partial charge in [0, 0.05) is 12.3 Å². The molecule has 1 aromatic heterocycles. The van der Waals surface area contributed by atoms with E-state index in [1.165, 1.54) is 6.20 Å². The van der Waals surface area contributed by atoms with E-state index < -0.39 is 0 Å². The van der Waals surface area contributed by atoms with Gasteiger partial charge in [-0.1, -0.05) is 13.0 Å². The number of hydrogen-bond donors (Lipinski definition) is 1. The number of hydrogen-bond acceptors (Lipinski definition) is 4. The molecule has 0 unspecified atom stereocenters. The fraction of sp³-hybridized carbons (Fsp3) is 0.143. The van der Waals surface area contributed by atoms with Crippen molar-refractivity contribution in [3.05, 3.63) is 47.7 Å². The minimum Gasteiger partial charge on any atom is -0.437 e. The Labute approximate surface area is 106 Å². The van der Waals surface area contributed by atoms with E-state index in [4.69, 9.17) is 15.7 Å². The van der Waals surface area contributed by atoms with E-state index in [0.29, 0.717) is 22.9 Å². The lowest BCUT2D eigenvalue weighted by atomic mass is 10.1. The van der Waals surface area contributed by atoms with E-state index in [9.17, 15) is 0 Å². The van der Waals surface area contributed by atoms with Crippen LogP contribution in [-0.2, 0) is 6.42 Å². The van der Waals surface area contributed by atoms with Crippen LogP contribution < -0.4 is 10.5 Å². The van der Waals surface area contributed by atoms with Crippen LogP contribution in [0.15, 0.2) is 36.5 Å². The topological polar surface area (TPSA) is 71.9 Å². The van der Waals surface area contributed by atoms with Crippen LogP contribution in [0, 0.1) is 11.3 Å². The minimum absolute atomic E-state index is 0.421. The summed E-state index contributed by atoms with van der Waals surface area (Å²) in [5, 5.41) is 8.67. The third kappa shape index (κ3) is 2.58. The van der Waals surface area contributed by atoms with Gasteiger partial charge in [-0.25, -0.2) is 4.98 Å². The van der Waals surface area contributed by atoms with Gasteiger partial charge in [-0.3, -0.25) is 0 Å². The van der Waals surface area contributed by atoms with Crippen LogP contribution in [0.25, 0.3) is 0 Å². The molecule has 4 heteroatoms. The van der Waals surface area contributed by atoms with Crippen LogP contribution >= 0.6 is 0 Å². The largest absolute Gasteiger partial charge is 0.437 e. The fourth-order valence-corrected chi connectivity index (χ4v) is 1.53. The smallest absolute Gasteiger partial charge is 0.219 e. The maximum absolute atomic E-state index is 8.67. The Hall–Kier alpha value is -2.54. The van der Waals surface area contributed by atoms with E-state index in [1.54, 1.807) is 12.1 Å². The molecule has 2 N–H and O–H groups in total. The summed E-state index contributed by atoms with van der Waals surface area (Å²) in [5.41, 5.74) is 8.14. The molecular formula is C14H13N3O. The van der Waals surface area contributed by atoms with E-state index in [-0.39, 0.29) is 0 Å². The lowest BCUT2D eigenvalue weighted by Gasteiger charge is -2.08. The summed E-state index contributed by atoms with van der Waals surface area (Å²) in [4.78, 5) is 4.03. The molecule has 0 aliphatic carbocycles. The van der Waals surface area contributed by atoms with Crippen molar-refractivity contribution in [2.75, 3.05) is 5.73 Å². The molecule has 0 radical (unpaired) electrons. The van der Waals surface area contributed by atoms with Crippen molar-refractivity contribution in [3.8, 4) is 17.7 Å². The van der Waals surface area contributed by atoms with Crippen molar-refractivity contribution in [1.82, 2.24) is 4.98 Å². The van der Waals surface area contributed by atoms with E-state index in [1.807, 2.05) is 24.3 Å². The van der Waals surface area contributed by atoms with Crippen LogP contribution in [0.3, 0.4) is 0 Å². The summed E-state index contributed by atoms with van der Waals surface area (Å²) in [7, 11) is 0. The number of rotatable bonds is 3. The molecule has 0 atom stereocenters. The summed E-state index contributed by atoms with van der Waals surface area (Å²) < 4.78 is 5.56. The second-order valence-corrected chi connectivity index (χ2v) is 3.82. The highest BCUT2D eigenvalue weighted by molar-refractivity contribution is 5.55. The summed E-state index contributed by atoms with van der Waals surface area (Å²) in [5.74, 6) is 0.995. The van der Waals surface area contributed by atoms with E-state index in [2.05, 4.69) is 11.9 Å². The molecule has 0 amide bonds. The molecule has 2 rings (SSSR count). The van der Waals surface area contributed by atoms with Gasteiger partial charge in [0.25, 0.3) is 0 Å². The zero-order valence-electron chi connectivity index (χ0n) is 10.1. The van der Waals surface area contributed by atoms with Gasteiger partial charge in [0.1, 0.15) is 6.07 Å². The second-order valence-electron chi connectivity index (χ2n) is 3.82. The molecule has 90 valence electrons. The van der Waals surface area contributed by atoms with Crippen molar-refractivity contribution in [2.24, 2.45) is 0 Å². The zero-order valence-corrected chi connectivity index (χ0v) is 10.1. The standard InChI is InChI=1S/C14H13N3O/c1-2-10-3-5-13(12(16)7-10)18-14-6-4-11(8-15)9-17-14/h3-7,9H,2,16H2,1H3. The number of nitrogens with zero attached hydrogens (tertiary/aromatic N) is 2. The number of benzene rings is 1. The molecule has 1 heterocycles. The SMILES string of the molecule is CCc1ccc(Oc2ccc(C#N)cn2)c(N)c1. The summed E-state index contributed by atoms with van der Waals surface area (Å²) in [6.07, 6.45) is 2.39. The number of anilines is 1. The molecular weight excluding hydrogens is 226 g/mol. The first-order chi connectivity index (χ1) is 8.72. The predicted molar refractivity (Wildman–Crippen MR) is 69.3 cm³/mol. The van der Waals surface area contributed by atoms with Crippen molar-refractivity contribution in [3.63, 3.8) is 0 Å². The van der Waals surface area contributed by atoms with Gasteiger partial charge in [-0.05, 0) is 30.2 Å². The lowest BCUT2D eigenvalue weighted by Crippen LogP contribution is -1.95. The number of pyridine rings is 1. The van der Waals surface area contributed by atoms with Gasteiger partial charge in [-0.15, -0.1) is 0 Å². The summed E-state index contributed by atoms with van der Waals surface area (Å²) in [6.45, 7) is 2.07. The fourth-order valence-electron chi connectivity index (χ4n) is 1.53. The Balaban J connectivity index is 2.20. The molecule has 0 bridgehead atoms. The first-order valence-corrected chi connectivity index (χ1v) is 5.65. The van der Waals surface area contributed by atoms with Crippen LogP contribution in [0.5, 0.6) is 11.6 Å². The zero-order chi connectivity index (χ0) is 13.0. The Morgan fingerprint density at radius 1 is 1.33 bits per heavy atom. The minimum atomic E-state index is 0.421. The van der Waals surface area contributed by atoms with Gasteiger partial charge in [-0.2, -0.15) is 5.26 Å². The van der Waals surface area contributed by atoms with Gasteiger partial charge in [0.15, 0.2) is 5.75 Å². The molecule has 0 saturated carbocycles. The molecule has 18 heavy (non-hydrogen) atoms. The van der Waals surface area contributed by atoms with Crippen LogP contribution in [0.4, 0.5) is 5.69 Å². The molecule has 0 fully saturated rings. The van der Waals surface area contributed by atoms with E-state index in [0.717, 1.165) is 12.0 Å². The Kier molecular flexibility index (Phi) is 3.44. The van der Waals surface area contributed by atoms with Gasteiger partial charge in [0.2, 0.25) is 5.88 Å². The Morgan fingerprint density at radius 3 is 2.72 bits per heavy atom. The van der Waals surface area contributed by atoms with E-state index >= 15 is 0 Å². The molecule has 0 aliphatic heterocycles. The molecule has 1 aromatic carbocycles. The third-order valence-electron chi connectivity index (χ3n) is 2.56. The average Bonchev–Trinajstić information content (AvgIpc) is 2.42. The number of nitrogen functional groups attached to an aromatic ring is 1. The van der Waals surface area contributed by atoms with Crippen molar-refractivity contribution in [2.45, 2.75) is 13.3 Å². The Morgan fingerprint density at radius 2 is 2.17 bits per heavy atom. The van der Waals surface area contributed by atoms with Gasteiger partial charge < -0.3 is 10.5 Å². The highest BCUT2D eigenvalue weighted by Gasteiger charge is 2.04. The van der Waals surface area contributed by atoms with Crippen LogP contribution in [0.1, 0.15) is 18.1 Å². The van der Waals surface area contributed by atoms with Gasteiger partial charge >= 0.3 is 0 Å². The van der Waals surface area contributed by atoms with Crippen LogP contribution in [0.2, 0.25) is 0 Å². The van der Waals surface area contributed by atoms with Gasteiger partial charge in [0.05, 0.1) is 11.3 Å². The normalized spacial score (nSPS) is 9.78. The number of aromatic nitrogens is 1. The maximum Gasteiger partial charge on any atom is 0.219 e. The number of nitriles is 1. The quantitative estimate of drug-likeness (QED) is 0.836. The molecule has 4 nitrogen and oxygen atoms in total. The molecule has 0 spiro atoms. The first-order valence-electron chi connectivity index (χ1n) is 5.65. The molecule has 0 aliphatic rings. The Bertz CT molecular complexity index is 585.